The number of rotatable bonds is 7. The van der Waals surface area contributed by atoms with Crippen LogP contribution in [0.4, 0.5) is 21.9 Å². The predicted octanol–water partition coefficient (Wildman–Crippen LogP) is 6.21. The number of ether oxygens (including phenoxy) is 1. The van der Waals surface area contributed by atoms with Crippen LogP contribution < -0.4 is 19.4 Å². The van der Waals surface area contributed by atoms with Crippen LogP contribution in [0.5, 0.6) is 5.75 Å². The van der Waals surface area contributed by atoms with Gasteiger partial charge in [-0.15, -0.1) is 24.8 Å². The van der Waals surface area contributed by atoms with Crippen molar-refractivity contribution < 1.29 is 9.53 Å². The average Bonchev–Trinajstić information content (AvgIpc) is 3.37. The van der Waals surface area contributed by atoms with Crippen LogP contribution in [0.2, 0.25) is 0 Å². The lowest BCUT2D eigenvalue weighted by atomic mass is 10.1. The predicted molar refractivity (Wildman–Crippen MR) is 173 cm³/mol. The Hall–Kier alpha value is -3.52. The van der Waals surface area contributed by atoms with E-state index in [2.05, 4.69) is 58.3 Å². The number of benzene rings is 3. The molecule has 216 valence electrons. The number of amides is 2. The third kappa shape index (κ3) is 6.53. The Bertz CT molecular complexity index is 1470. The van der Waals surface area contributed by atoms with Crippen molar-refractivity contribution in [3.63, 3.8) is 0 Å². The first-order valence-electron chi connectivity index (χ1n) is 13.7. The highest BCUT2D eigenvalue weighted by Gasteiger charge is 2.30. The molecule has 2 amide bonds. The zero-order chi connectivity index (χ0) is 26.8. The molecule has 2 aliphatic rings. The monoisotopic (exact) mass is 593 g/mol. The molecule has 7 nitrogen and oxygen atoms in total. The third-order valence-corrected chi connectivity index (χ3v) is 7.89. The van der Waals surface area contributed by atoms with E-state index in [4.69, 9.17) is 9.72 Å². The van der Waals surface area contributed by atoms with Gasteiger partial charge in [-0.3, -0.25) is 19.7 Å². The molecular formula is C32H37Cl2N5O2. The van der Waals surface area contributed by atoms with E-state index in [1.54, 1.807) is 7.11 Å². The molecule has 1 aromatic heterocycles. The van der Waals surface area contributed by atoms with Gasteiger partial charge < -0.3 is 9.64 Å². The molecule has 4 aromatic rings. The largest absolute Gasteiger partial charge is 0.497 e. The second-order valence-electron chi connectivity index (χ2n) is 10.3. The number of hydrogen-bond donors (Lipinski definition) is 0. The highest BCUT2D eigenvalue weighted by Crippen LogP contribution is 2.29. The molecule has 0 bridgehead atoms. The normalized spacial score (nSPS) is 15.6. The van der Waals surface area contributed by atoms with E-state index in [9.17, 15) is 4.79 Å². The molecule has 2 saturated heterocycles. The number of aromatic nitrogens is 1. The Morgan fingerprint density at radius 2 is 1.49 bits per heavy atom. The summed E-state index contributed by atoms with van der Waals surface area (Å²) in [6, 6.07) is 26.9. The molecule has 0 unspecified atom stereocenters. The van der Waals surface area contributed by atoms with Crippen LogP contribution in [0.3, 0.4) is 0 Å². The molecule has 0 spiro atoms. The molecule has 0 aliphatic carbocycles. The minimum absolute atomic E-state index is 0. The van der Waals surface area contributed by atoms with Crippen LogP contribution in [0.25, 0.3) is 10.9 Å². The number of carbonyl (C=O) groups excluding carboxylic acids is 1. The Morgan fingerprint density at radius 3 is 2.22 bits per heavy atom. The summed E-state index contributed by atoms with van der Waals surface area (Å²) in [6.45, 7) is 8.51. The lowest BCUT2D eigenvalue weighted by Crippen LogP contribution is -2.47. The number of pyridine rings is 1. The highest BCUT2D eigenvalue weighted by molar-refractivity contribution is 6.06. The topological polar surface area (TPSA) is 52.2 Å². The lowest BCUT2D eigenvalue weighted by molar-refractivity contribution is 0.256. The molecule has 3 heterocycles. The molecular weight excluding hydrogens is 557 g/mol. The summed E-state index contributed by atoms with van der Waals surface area (Å²) in [4.78, 5) is 26.7. The van der Waals surface area contributed by atoms with E-state index >= 15 is 0 Å². The Balaban J connectivity index is 0.00000194. The number of methoxy groups -OCH3 is 1. The van der Waals surface area contributed by atoms with Gasteiger partial charge in [0.2, 0.25) is 0 Å². The minimum atomic E-state index is 0. The number of piperazine rings is 1. The van der Waals surface area contributed by atoms with Crippen molar-refractivity contribution in [1.29, 1.82) is 0 Å². The smallest absolute Gasteiger partial charge is 0.329 e. The second-order valence-corrected chi connectivity index (χ2v) is 10.3. The standard InChI is InChI=1S/C32H35N5O2.2ClH/c1-24-9-14-29-30(33-24)7-4-8-31(29)35-19-17-34(18-20-35)16-15-25-5-3-6-27(23-25)37-22-21-36(32(37)38)26-10-12-28(39-2)13-11-26;;/h3-14,23H,15-22H2,1-2H3;2*1H. The van der Waals surface area contributed by atoms with E-state index in [1.165, 1.54) is 16.6 Å². The van der Waals surface area contributed by atoms with E-state index in [0.29, 0.717) is 13.1 Å². The van der Waals surface area contributed by atoms with Gasteiger partial charge in [0.25, 0.3) is 0 Å². The molecule has 3 aromatic carbocycles. The number of anilines is 3. The maximum absolute atomic E-state index is 13.2. The Morgan fingerprint density at radius 1 is 0.780 bits per heavy atom. The van der Waals surface area contributed by atoms with Gasteiger partial charge >= 0.3 is 6.03 Å². The summed E-state index contributed by atoms with van der Waals surface area (Å²) in [6.07, 6.45) is 0.968. The number of hydrogen-bond acceptors (Lipinski definition) is 5. The van der Waals surface area contributed by atoms with Crippen molar-refractivity contribution in [3.05, 3.63) is 90.1 Å². The first-order valence-corrected chi connectivity index (χ1v) is 13.7. The highest BCUT2D eigenvalue weighted by atomic mass is 35.5. The van der Waals surface area contributed by atoms with Gasteiger partial charge in [0.1, 0.15) is 5.75 Å². The van der Waals surface area contributed by atoms with E-state index in [-0.39, 0.29) is 30.8 Å². The fourth-order valence-corrected chi connectivity index (χ4v) is 5.67. The molecule has 0 N–H and O–H groups in total. The van der Waals surface area contributed by atoms with Crippen LogP contribution in [0, 0.1) is 6.92 Å². The minimum Gasteiger partial charge on any atom is -0.497 e. The van der Waals surface area contributed by atoms with Gasteiger partial charge in [-0.05, 0) is 79.6 Å². The van der Waals surface area contributed by atoms with Gasteiger partial charge in [0.05, 0.1) is 12.6 Å². The van der Waals surface area contributed by atoms with Crippen molar-refractivity contribution >= 4 is 58.8 Å². The molecule has 41 heavy (non-hydrogen) atoms. The number of aryl methyl sites for hydroxylation is 1. The Labute approximate surface area is 254 Å². The van der Waals surface area contributed by atoms with E-state index in [1.807, 2.05) is 47.1 Å². The summed E-state index contributed by atoms with van der Waals surface area (Å²) < 4.78 is 5.25. The van der Waals surface area contributed by atoms with Gasteiger partial charge in [0, 0.05) is 74.0 Å². The van der Waals surface area contributed by atoms with Crippen molar-refractivity contribution in [2.24, 2.45) is 0 Å². The number of nitrogens with zero attached hydrogens (tertiary/aromatic N) is 5. The molecule has 0 atom stereocenters. The maximum atomic E-state index is 13.2. The lowest BCUT2D eigenvalue weighted by Gasteiger charge is -2.36. The quantitative estimate of drug-likeness (QED) is 0.255. The summed E-state index contributed by atoms with van der Waals surface area (Å²) >= 11 is 0. The summed E-state index contributed by atoms with van der Waals surface area (Å²) in [7, 11) is 1.65. The van der Waals surface area contributed by atoms with E-state index < -0.39 is 0 Å². The summed E-state index contributed by atoms with van der Waals surface area (Å²) in [5.74, 6) is 0.789. The summed E-state index contributed by atoms with van der Waals surface area (Å²) in [5, 5.41) is 1.23. The molecule has 9 heteroatoms. The number of carbonyl (C=O) groups is 1. The fraction of sp³-hybridized carbons (Fsp3) is 0.312. The number of fused-ring (bicyclic) bond motifs is 1. The van der Waals surface area contributed by atoms with Crippen molar-refractivity contribution in [2.75, 3.05) is 67.6 Å². The third-order valence-electron chi connectivity index (χ3n) is 7.89. The van der Waals surface area contributed by atoms with Gasteiger partial charge in [-0.1, -0.05) is 18.2 Å². The van der Waals surface area contributed by atoms with Gasteiger partial charge in [-0.2, -0.15) is 0 Å². The molecule has 2 fully saturated rings. The van der Waals surface area contributed by atoms with Crippen LogP contribution in [-0.2, 0) is 6.42 Å². The Kier molecular flexibility index (Phi) is 9.97. The summed E-state index contributed by atoms with van der Waals surface area (Å²) in [5.41, 5.74) is 6.54. The van der Waals surface area contributed by atoms with Gasteiger partial charge in [0.15, 0.2) is 0 Å². The van der Waals surface area contributed by atoms with Crippen LogP contribution in [0.15, 0.2) is 78.9 Å². The van der Waals surface area contributed by atoms with Gasteiger partial charge in [-0.25, -0.2) is 4.79 Å². The SMILES string of the molecule is COc1ccc(N2CCN(c3cccc(CCN4CCN(c5cccc6nc(C)ccc56)CC4)c3)C2=O)cc1.Cl.Cl. The van der Waals surface area contributed by atoms with Crippen molar-refractivity contribution in [2.45, 2.75) is 13.3 Å². The fourth-order valence-electron chi connectivity index (χ4n) is 5.67. The molecule has 6 rings (SSSR count). The molecule has 2 aliphatic heterocycles. The van der Waals surface area contributed by atoms with E-state index in [0.717, 1.165) is 67.5 Å². The molecule has 0 saturated carbocycles. The molecule has 0 radical (unpaired) electrons. The zero-order valence-corrected chi connectivity index (χ0v) is 25.2. The first-order chi connectivity index (χ1) is 19.1. The van der Waals surface area contributed by atoms with Crippen LogP contribution in [-0.4, -0.2) is 68.8 Å². The van der Waals surface area contributed by atoms with Crippen LogP contribution >= 0.6 is 24.8 Å². The van der Waals surface area contributed by atoms with Crippen LogP contribution in [0.1, 0.15) is 11.3 Å². The van der Waals surface area contributed by atoms with Crippen molar-refractivity contribution in [1.82, 2.24) is 9.88 Å². The van der Waals surface area contributed by atoms with Crippen molar-refractivity contribution in [3.8, 4) is 5.75 Å². The number of halogens is 2. The number of urea groups is 1. The average molecular weight is 595 g/mol. The zero-order valence-electron chi connectivity index (χ0n) is 23.5. The second kappa shape index (κ2) is 13.4. The first kappa shape index (κ1) is 30.4. The maximum Gasteiger partial charge on any atom is 0.329 e.